The van der Waals surface area contributed by atoms with Crippen LogP contribution in [0.1, 0.15) is 43.9 Å². The van der Waals surface area contributed by atoms with Crippen molar-refractivity contribution in [3.05, 3.63) is 71.8 Å². The van der Waals surface area contributed by atoms with Gasteiger partial charge in [0.2, 0.25) is 5.91 Å². The molecule has 1 aliphatic rings. The van der Waals surface area contributed by atoms with Gasteiger partial charge in [-0.2, -0.15) is 0 Å². The van der Waals surface area contributed by atoms with Crippen molar-refractivity contribution in [3.63, 3.8) is 0 Å². The van der Waals surface area contributed by atoms with Gasteiger partial charge in [-0.1, -0.05) is 60.7 Å². The fourth-order valence-corrected chi connectivity index (χ4v) is 4.11. The first-order valence-corrected chi connectivity index (χ1v) is 10.6. The molecule has 1 heterocycles. The summed E-state index contributed by atoms with van der Waals surface area (Å²) in [5, 5.41) is 0. The summed E-state index contributed by atoms with van der Waals surface area (Å²) >= 11 is 0. The standard InChI is InChI=1S/C25H30N2O4/c1-19(21-10-6-4-7-11-21)26(3)23(29)18-31-24(30)25(22-12-8-5-9-13-22)14-16-27(17-15-25)20(2)28/h4-13,19H,14-18H2,1-3H3/t19-/m1/s1. The van der Waals surface area contributed by atoms with Gasteiger partial charge in [0.05, 0.1) is 11.5 Å². The second-order valence-electron chi connectivity index (χ2n) is 8.12. The molecule has 1 atom stereocenters. The van der Waals surface area contributed by atoms with Crippen molar-refractivity contribution in [2.45, 2.75) is 38.1 Å². The Morgan fingerprint density at radius 2 is 1.55 bits per heavy atom. The van der Waals surface area contributed by atoms with E-state index in [-0.39, 0.29) is 24.5 Å². The van der Waals surface area contributed by atoms with Gasteiger partial charge < -0.3 is 14.5 Å². The minimum absolute atomic E-state index is 0.00160. The summed E-state index contributed by atoms with van der Waals surface area (Å²) < 4.78 is 5.57. The summed E-state index contributed by atoms with van der Waals surface area (Å²) in [7, 11) is 1.71. The summed E-state index contributed by atoms with van der Waals surface area (Å²) in [5.74, 6) is -0.660. The number of rotatable bonds is 6. The van der Waals surface area contributed by atoms with Crippen molar-refractivity contribution >= 4 is 17.8 Å². The zero-order valence-corrected chi connectivity index (χ0v) is 18.4. The average Bonchev–Trinajstić information content (AvgIpc) is 2.82. The van der Waals surface area contributed by atoms with Crippen LogP contribution in [0.3, 0.4) is 0 Å². The molecule has 1 aliphatic heterocycles. The van der Waals surface area contributed by atoms with Gasteiger partial charge in [0, 0.05) is 27.1 Å². The van der Waals surface area contributed by atoms with E-state index in [0.717, 1.165) is 11.1 Å². The lowest BCUT2D eigenvalue weighted by Crippen LogP contribution is -2.49. The van der Waals surface area contributed by atoms with E-state index in [1.54, 1.807) is 16.8 Å². The summed E-state index contributed by atoms with van der Waals surface area (Å²) in [4.78, 5) is 41.1. The van der Waals surface area contributed by atoms with E-state index >= 15 is 0 Å². The number of benzene rings is 2. The Balaban J connectivity index is 1.70. The Hall–Kier alpha value is -3.15. The van der Waals surface area contributed by atoms with Crippen molar-refractivity contribution < 1.29 is 19.1 Å². The molecule has 2 aromatic rings. The second-order valence-corrected chi connectivity index (χ2v) is 8.12. The zero-order valence-electron chi connectivity index (χ0n) is 18.4. The average molecular weight is 423 g/mol. The minimum Gasteiger partial charge on any atom is -0.455 e. The van der Waals surface area contributed by atoms with Crippen LogP contribution in [0.4, 0.5) is 0 Å². The van der Waals surface area contributed by atoms with Crippen LogP contribution in [0, 0.1) is 0 Å². The van der Waals surface area contributed by atoms with Gasteiger partial charge in [-0.05, 0) is 30.9 Å². The maximum absolute atomic E-state index is 13.3. The lowest BCUT2D eigenvalue weighted by atomic mass is 9.72. The van der Waals surface area contributed by atoms with E-state index in [2.05, 4.69) is 0 Å². The van der Waals surface area contributed by atoms with Crippen molar-refractivity contribution in [1.29, 1.82) is 0 Å². The molecule has 0 N–H and O–H groups in total. The Morgan fingerprint density at radius 1 is 1.00 bits per heavy atom. The number of ether oxygens (including phenoxy) is 1. The van der Waals surface area contributed by atoms with E-state index in [1.165, 1.54) is 6.92 Å². The molecule has 0 saturated carbocycles. The van der Waals surface area contributed by atoms with Crippen LogP contribution in [0.2, 0.25) is 0 Å². The highest BCUT2D eigenvalue weighted by molar-refractivity contribution is 5.87. The van der Waals surface area contributed by atoms with Gasteiger partial charge in [-0.25, -0.2) is 0 Å². The number of carbonyl (C=O) groups is 3. The maximum atomic E-state index is 13.3. The first kappa shape index (κ1) is 22.5. The fraction of sp³-hybridized carbons (Fsp3) is 0.400. The normalized spacial score (nSPS) is 16.3. The molecule has 3 rings (SSSR count). The van der Waals surface area contributed by atoms with Gasteiger partial charge in [0.25, 0.3) is 5.91 Å². The zero-order chi connectivity index (χ0) is 22.4. The van der Waals surface area contributed by atoms with E-state index in [1.807, 2.05) is 67.6 Å². The van der Waals surface area contributed by atoms with Crippen molar-refractivity contribution in [1.82, 2.24) is 9.80 Å². The number of nitrogens with zero attached hydrogens (tertiary/aromatic N) is 2. The predicted molar refractivity (Wildman–Crippen MR) is 118 cm³/mol. The monoisotopic (exact) mass is 422 g/mol. The van der Waals surface area contributed by atoms with Crippen LogP contribution in [0.25, 0.3) is 0 Å². The third-order valence-corrected chi connectivity index (χ3v) is 6.36. The highest BCUT2D eigenvalue weighted by atomic mass is 16.5. The van der Waals surface area contributed by atoms with Crippen LogP contribution >= 0.6 is 0 Å². The van der Waals surface area contributed by atoms with Crippen LogP contribution in [-0.2, 0) is 24.5 Å². The molecule has 0 unspecified atom stereocenters. The summed E-state index contributed by atoms with van der Waals surface area (Å²) in [5.41, 5.74) is 1.03. The second kappa shape index (κ2) is 9.77. The van der Waals surface area contributed by atoms with Gasteiger partial charge in [-0.3, -0.25) is 14.4 Å². The molecule has 0 radical (unpaired) electrons. The van der Waals surface area contributed by atoms with Gasteiger partial charge in [0.15, 0.2) is 6.61 Å². The number of likely N-dealkylation sites (N-methyl/N-ethyl adjacent to an activating group) is 1. The number of likely N-dealkylation sites (tertiary alicyclic amines) is 1. The number of hydrogen-bond donors (Lipinski definition) is 0. The fourth-order valence-electron chi connectivity index (χ4n) is 4.11. The SMILES string of the molecule is CC(=O)N1CCC(C(=O)OCC(=O)N(C)[C@H](C)c2ccccc2)(c2ccccc2)CC1. The summed E-state index contributed by atoms with van der Waals surface area (Å²) in [6, 6.07) is 19.1. The largest absolute Gasteiger partial charge is 0.455 e. The lowest BCUT2D eigenvalue weighted by molar-refractivity contribution is -0.159. The quantitative estimate of drug-likeness (QED) is 0.670. The highest BCUT2D eigenvalue weighted by Gasteiger charge is 2.45. The Kier molecular flexibility index (Phi) is 7.10. The molecule has 164 valence electrons. The van der Waals surface area contributed by atoms with Crippen LogP contribution in [-0.4, -0.2) is 54.3 Å². The van der Waals surface area contributed by atoms with Gasteiger partial charge in [-0.15, -0.1) is 0 Å². The van der Waals surface area contributed by atoms with Crippen LogP contribution in [0.15, 0.2) is 60.7 Å². The molecule has 2 aromatic carbocycles. The molecule has 2 amide bonds. The topological polar surface area (TPSA) is 66.9 Å². The van der Waals surface area contributed by atoms with Gasteiger partial charge >= 0.3 is 5.97 Å². The smallest absolute Gasteiger partial charge is 0.317 e. The number of esters is 1. The molecule has 0 aliphatic carbocycles. The minimum atomic E-state index is -0.850. The Bertz CT molecular complexity index is 906. The number of amides is 2. The third kappa shape index (κ3) is 4.95. The molecular formula is C25H30N2O4. The van der Waals surface area contributed by atoms with Crippen molar-refractivity contribution in [3.8, 4) is 0 Å². The third-order valence-electron chi connectivity index (χ3n) is 6.36. The van der Waals surface area contributed by atoms with E-state index in [0.29, 0.717) is 25.9 Å². The first-order valence-electron chi connectivity index (χ1n) is 10.6. The summed E-state index contributed by atoms with van der Waals surface area (Å²) in [6.45, 7) is 4.14. The number of piperidine rings is 1. The maximum Gasteiger partial charge on any atom is 0.317 e. The summed E-state index contributed by atoms with van der Waals surface area (Å²) in [6.07, 6.45) is 0.944. The molecule has 6 nitrogen and oxygen atoms in total. The molecule has 0 bridgehead atoms. The predicted octanol–water partition coefficient (Wildman–Crippen LogP) is 3.33. The van der Waals surface area contributed by atoms with Crippen LogP contribution < -0.4 is 0 Å². The molecule has 0 spiro atoms. The lowest BCUT2D eigenvalue weighted by Gasteiger charge is -2.40. The molecular weight excluding hydrogens is 392 g/mol. The Morgan fingerprint density at radius 3 is 2.10 bits per heavy atom. The van der Waals surface area contributed by atoms with Crippen molar-refractivity contribution in [2.75, 3.05) is 26.7 Å². The van der Waals surface area contributed by atoms with E-state index < -0.39 is 11.4 Å². The molecule has 6 heteroatoms. The van der Waals surface area contributed by atoms with Gasteiger partial charge in [0.1, 0.15) is 0 Å². The molecule has 1 saturated heterocycles. The molecule has 1 fully saturated rings. The highest BCUT2D eigenvalue weighted by Crippen LogP contribution is 2.37. The number of hydrogen-bond acceptors (Lipinski definition) is 4. The van der Waals surface area contributed by atoms with Crippen LogP contribution in [0.5, 0.6) is 0 Å². The number of carbonyl (C=O) groups excluding carboxylic acids is 3. The van der Waals surface area contributed by atoms with Crippen molar-refractivity contribution in [2.24, 2.45) is 0 Å². The molecule has 0 aromatic heterocycles. The molecule has 31 heavy (non-hydrogen) atoms. The first-order chi connectivity index (χ1) is 14.8. The van der Waals surface area contributed by atoms with E-state index in [4.69, 9.17) is 4.74 Å². The Labute approximate surface area is 183 Å². The van der Waals surface area contributed by atoms with E-state index in [9.17, 15) is 14.4 Å².